The van der Waals surface area contributed by atoms with Gasteiger partial charge in [-0.1, -0.05) is 0 Å². The third kappa shape index (κ3) is 2.21. The molecule has 0 atom stereocenters. The molecule has 0 aliphatic rings. The fourth-order valence-electron chi connectivity index (χ4n) is 0.983. The highest BCUT2D eigenvalue weighted by atomic mass is 32.2. The molecule has 0 spiro atoms. The number of sulfonamides is 1. The second-order valence-electron chi connectivity index (χ2n) is 3.09. The summed E-state index contributed by atoms with van der Waals surface area (Å²) in [4.78, 5) is 10.3. The molecule has 0 amide bonds. The molecule has 6 heteroatoms. The Balaban J connectivity index is 3.35. The van der Waals surface area contributed by atoms with E-state index in [9.17, 15) is 17.6 Å². The summed E-state index contributed by atoms with van der Waals surface area (Å²) in [6.07, 6.45) is 0.282. The summed E-state index contributed by atoms with van der Waals surface area (Å²) < 4.78 is 37.1. The number of carbonyl (C=O) groups is 1. The van der Waals surface area contributed by atoms with E-state index >= 15 is 0 Å². The van der Waals surface area contributed by atoms with E-state index in [1.165, 1.54) is 14.1 Å². The average molecular weight is 231 g/mol. The van der Waals surface area contributed by atoms with E-state index in [0.717, 1.165) is 22.5 Å². The number of rotatable bonds is 3. The highest BCUT2D eigenvalue weighted by Gasteiger charge is 2.18. The molecule has 0 unspecified atom stereocenters. The van der Waals surface area contributed by atoms with Crippen molar-refractivity contribution < 1.29 is 17.6 Å². The number of benzene rings is 1. The van der Waals surface area contributed by atoms with Crippen molar-refractivity contribution in [2.45, 2.75) is 4.90 Å². The van der Waals surface area contributed by atoms with E-state index in [2.05, 4.69) is 0 Å². The van der Waals surface area contributed by atoms with E-state index in [0.29, 0.717) is 0 Å². The van der Waals surface area contributed by atoms with E-state index in [-0.39, 0.29) is 16.7 Å². The Morgan fingerprint density at radius 2 is 1.93 bits per heavy atom. The molecule has 0 aliphatic heterocycles. The van der Waals surface area contributed by atoms with Crippen LogP contribution in [0.4, 0.5) is 4.39 Å². The van der Waals surface area contributed by atoms with Crippen LogP contribution in [0.25, 0.3) is 0 Å². The van der Waals surface area contributed by atoms with Gasteiger partial charge in [-0.3, -0.25) is 4.79 Å². The van der Waals surface area contributed by atoms with E-state index in [1.54, 1.807) is 0 Å². The van der Waals surface area contributed by atoms with Gasteiger partial charge in [-0.2, -0.15) is 0 Å². The molecule has 0 aromatic heterocycles. The van der Waals surface area contributed by atoms with Gasteiger partial charge in [-0.05, 0) is 18.2 Å². The summed E-state index contributed by atoms with van der Waals surface area (Å²) in [5.41, 5.74) is -0.266. The largest absolute Gasteiger partial charge is 0.298 e. The van der Waals surface area contributed by atoms with Crippen molar-refractivity contribution in [3.8, 4) is 0 Å². The molecule has 0 N–H and O–H groups in total. The number of hydrogen-bond donors (Lipinski definition) is 0. The van der Waals surface area contributed by atoms with Gasteiger partial charge in [0.05, 0.1) is 10.5 Å². The van der Waals surface area contributed by atoms with Crippen molar-refractivity contribution in [1.82, 2.24) is 4.31 Å². The van der Waals surface area contributed by atoms with Crippen LogP contribution in [0.1, 0.15) is 10.4 Å². The first-order valence-corrected chi connectivity index (χ1v) is 5.51. The van der Waals surface area contributed by atoms with Gasteiger partial charge >= 0.3 is 0 Å². The lowest BCUT2D eigenvalue weighted by Gasteiger charge is -2.11. The van der Waals surface area contributed by atoms with Crippen LogP contribution in [-0.4, -0.2) is 33.1 Å². The van der Waals surface area contributed by atoms with Crippen molar-refractivity contribution in [3.05, 3.63) is 29.6 Å². The molecule has 0 saturated carbocycles. The first-order chi connectivity index (χ1) is 6.89. The first kappa shape index (κ1) is 11.8. The lowest BCUT2D eigenvalue weighted by atomic mass is 10.2. The third-order valence-electron chi connectivity index (χ3n) is 1.87. The molecule has 1 aromatic rings. The molecule has 0 radical (unpaired) electrons. The van der Waals surface area contributed by atoms with Gasteiger partial charge in [0.25, 0.3) is 0 Å². The monoisotopic (exact) mass is 231 g/mol. The zero-order valence-corrected chi connectivity index (χ0v) is 9.08. The van der Waals surface area contributed by atoms with Crippen molar-refractivity contribution >= 4 is 16.3 Å². The fraction of sp³-hybridized carbons (Fsp3) is 0.222. The van der Waals surface area contributed by atoms with Crippen LogP contribution in [0, 0.1) is 5.82 Å². The number of carbonyl (C=O) groups excluding carboxylic acids is 1. The van der Waals surface area contributed by atoms with E-state index in [4.69, 9.17) is 0 Å². The summed E-state index contributed by atoms with van der Waals surface area (Å²) in [6.45, 7) is 0. The van der Waals surface area contributed by atoms with Crippen molar-refractivity contribution in [2.24, 2.45) is 0 Å². The van der Waals surface area contributed by atoms with E-state index in [1.807, 2.05) is 0 Å². The average Bonchev–Trinajstić information content (AvgIpc) is 2.18. The molecule has 15 heavy (non-hydrogen) atoms. The van der Waals surface area contributed by atoms with Gasteiger partial charge < -0.3 is 0 Å². The smallest absolute Gasteiger partial charge is 0.242 e. The SMILES string of the molecule is CN(C)S(=O)(=O)c1ccc(F)c(C=O)c1. The van der Waals surface area contributed by atoms with Crippen LogP contribution in [0.2, 0.25) is 0 Å². The molecular formula is C9H10FNO3S. The molecule has 0 fully saturated rings. The van der Waals surface area contributed by atoms with Crippen molar-refractivity contribution in [2.75, 3.05) is 14.1 Å². The summed E-state index contributed by atoms with van der Waals surface area (Å²) >= 11 is 0. The van der Waals surface area contributed by atoms with Gasteiger partial charge in [-0.25, -0.2) is 17.1 Å². The molecule has 82 valence electrons. The minimum Gasteiger partial charge on any atom is -0.298 e. The summed E-state index contributed by atoms with van der Waals surface area (Å²) in [5.74, 6) is -0.734. The second-order valence-corrected chi connectivity index (χ2v) is 5.24. The fourth-order valence-corrected chi connectivity index (χ4v) is 1.92. The standard InChI is InChI=1S/C9H10FNO3S/c1-11(2)15(13,14)8-3-4-9(10)7(5-8)6-12/h3-6H,1-2H3. The van der Waals surface area contributed by atoms with Crippen LogP contribution in [0.15, 0.2) is 23.1 Å². The third-order valence-corrected chi connectivity index (χ3v) is 3.68. The van der Waals surface area contributed by atoms with Crippen molar-refractivity contribution in [3.63, 3.8) is 0 Å². The molecule has 0 aliphatic carbocycles. The summed E-state index contributed by atoms with van der Waals surface area (Å²) in [6, 6.07) is 3.09. The maximum Gasteiger partial charge on any atom is 0.242 e. The normalized spacial score (nSPS) is 11.7. The number of halogens is 1. The Morgan fingerprint density at radius 3 is 2.40 bits per heavy atom. The van der Waals surface area contributed by atoms with Crippen LogP contribution in [0.3, 0.4) is 0 Å². The van der Waals surface area contributed by atoms with Gasteiger partial charge in [-0.15, -0.1) is 0 Å². The quantitative estimate of drug-likeness (QED) is 0.726. The molecule has 4 nitrogen and oxygen atoms in total. The van der Waals surface area contributed by atoms with Crippen LogP contribution < -0.4 is 0 Å². The molecular weight excluding hydrogens is 221 g/mol. The maximum absolute atomic E-state index is 12.9. The summed E-state index contributed by atoms with van der Waals surface area (Å²) in [5, 5.41) is 0. The van der Waals surface area contributed by atoms with E-state index < -0.39 is 15.8 Å². The predicted molar refractivity (Wildman–Crippen MR) is 52.7 cm³/mol. The minimum atomic E-state index is -3.62. The molecule has 0 saturated heterocycles. The Kier molecular flexibility index (Phi) is 3.21. The Labute approximate surface area is 87.4 Å². The molecule has 0 heterocycles. The zero-order chi connectivity index (χ0) is 11.6. The zero-order valence-electron chi connectivity index (χ0n) is 8.27. The van der Waals surface area contributed by atoms with Gasteiger partial charge in [0.15, 0.2) is 6.29 Å². The Morgan fingerprint density at radius 1 is 1.33 bits per heavy atom. The molecule has 1 rings (SSSR count). The first-order valence-electron chi connectivity index (χ1n) is 4.07. The lowest BCUT2D eigenvalue weighted by Crippen LogP contribution is -2.22. The predicted octanol–water partition coefficient (Wildman–Crippen LogP) is 0.889. The van der Waals surface area contributed by atoms with Crippen LogP contribution >= 0.6 is 0 Å². The Hall–Kier alpha value is -1.27. The number of hydrogen-bond acceptors (Lipinski definition) is 3. The summed E-state index contributed by atoms with van der Waals surface area (Å²) in [7, 11) is -0.898. The number of nitrogens with zero attached hydrogens (tertiary/aromatic N) is 1. The van der Waals surface area contributed by atoms with Crippen molar-refractivity contribution in [1.29, 1.82) is 0 Å². The van der Waals surface area contributed by atoms with Gasteiger partial charge in [0.2, 0.25) is 10.0 Å². The maximum atomic E-state index is 12.9. The lowest BCUT2D eigenvalue weighted by molar-refractivity contribution is 0.111. The van der Waals surface area contributed by atoms with Gasteiger partial charge in [0.1, 0.15) is 5.82 Å². The van der Waals surface area contributed by atoms with Crippen LogP contribution in [0.5, 0.6) is 0 Å². The van der Waals surface area contributed by atoms with Gasteiger partial charge in [0, 0.05) is 14.1 Å². The molecule has 1 aromatic carbocycles. The minimum absolute atomic E-state index is 0.101. The Bertz CT molecular complexity index is 482. The second kappa shape index (κ2) is 4.08. The topological polar surface area (TPSA) is 54.5 Å². The highest BCUT2D eigenvalue weighted by molar-refractivity contribution is 7.89. The number of aldehydes is 1. The molecule has 0 bridgehead atoms. The highest BCUT2D eigenvalue weighted by Crippen LogP contribution is 2.16. The van der Waals surface area contributed by atoms with Crippen LogP contribution in [-0.2, 0) is 10.0 Å².